The molecule has 2 heterocycles. The van der Waals surface area contributed by atoms with Gasteiger partial charge in [-0.3, -0.25) is 9.78 Å². The Bertz CT molecular complexity index is 1110. The second-order valence-corrected chi connectivity index (χ2v) is 10.6. The number of anilines is 1. The smallest absolute Gasteiger partial charge is 0.408 e. The van der Waals surface area contributed by atoms with Crippen LogP contribution in [0.4, 0.5) is 9.93 Å². The van der Waals surface area contributed by atoms with E-state index in [1.807, 2.05) is 56.5 Å². The van der Waals surface area contributed by atoms with E-state index in [-0.39, 0.29) is 5.91 Å². The second kappa shape index (κ2) is 9.70. The number of carbonyl (C=O) groups is 2. The predicted molar refractivity (Wildman–Crippen MR) is 132 cm³/mol. The van der Waals surface area contributed by atoms with Crippen molar-refractivity contribution >= 4 is 28.5 Å². The topological polar surface area (TPSA) is 93.2 Å². The summed E-state index contributed by atoms with van der Waals surface area (Å²) in [5.41, 5.74) is 2.65. The van der Waals surface area contributed by atoms with Crippen molar-refractivity contribution in [2.75, 3.05) is 5.32 Å². The lowest BCUT2D eigenvalue weighted by Gasteiger charge is -2.31. The van der Waals surface area contributed by atoms with E-state index < -0.39 is 23.2 Å². The zero-order valence-electron chi connectivity index (χ0n) is 19.8. The molecule has 0 fully saturated rings. The Hall–Kier alpha value is -3.26. The fraction of sp³-hybridized carbons (Fsp3) is 0.360. The van der Waals surface area contributed by atoms with E-state index >= 15 is 0 Å². The van der Waals surface area contributed by atoms with E-state index in [0.29, 0.717) is 5.13 Å². The molecule has 1 aromatic carbocycles. The molecule has 0 spiro atoms. The SMILES string of the molecule is CC(C)(C)OC(=O)N[C@H](C(=O)Nc1nc(-c2cccc(-c3ccncc3)c2)cs1)C(C)(C)C. The van der Waals surface area contributed by atoms with Gasteiger partial charge in [-0.2, -0.15) is 0 Å². The van der Waals surface area contributed by atoms with Gasteiger partial charge in [0.2, 0.25) is 5.91 Å². The summed E-state index contributed by atoms with van der Waals surface area (Å²) in [6.45, 7) is 11.0. The second-order valence-electron chi connectivity index (χ2n) is 9.79. The highest BCUT2D eigenvalue weighted by Gasteiger charge is 2.34. The van der Waals surface area contributed by atoms with Crippen LogP contribution in [-0.4, -0.2) is 33.6 Å². The lowest BCUT2D eigenvalue weighted by Crippen LogP contribution is -2.52. The van der Waals surface area contributed by atoms with E-state index in [0.717, 1.165) is 22.4 Å². The van der Waals surface area contributed by atoms with Gasteiger partial charge in [0.15, 0.2) is 5.13 Å². The molecule has 8 heteroatoms. The van der Waals surface area contributed by atoms with Crippen molar-refractivity contribution < 1.29 is 14.3 Å². The number of pyridine rings is 1. The maximum atomic E-state index is 13.0. The van der Waals surface area contributed by atoms with Crippen LogP contribution in [0.3, 0.4) is 0 Å². The largest absolute Gasteiger partial charge is 0.444 e. The van der Waals surface area contributed by atoms with Crippen molar-refractivity contribution in [1.29, 1.82) is 0 Å². The third-order valence-corrected chi connectivity index (χ3v) is 5.45. The average molecular weight is 467 g/mol. The number of rotatable bonds is 5. The van der Waals surface area contributed by atoms with Gasteiger partial charge >= 0.3 is 6.09 Å². The number of thiazole rings is 1. The summed E-state index contributed by atoms with van der Waals surface area (Å²) in [6, 6.07) is 11.2. The number of nitrogens with zero attached hydrogens (tertiary/aromatic N) is 2. The Morgan fingerprint density at radius 1 is 0.970 bits per heavy atom. The van der Waals surface area contributed by atoms with Gasteiger partial charge in [-0.25, -0.2) is 9.78 Å². The molecule has 1 atom stereocenters. The molecule has 2 N–H and O–H groups in total. The molecule has 2 amide bonds. The first-order valence-corrected chi connectivity index (χ1v) is 11.6. The van der Waals surface area contributed by atoms with Crippen molar-refractivity contribution in [3.05, 3.63) is 54.2 Å². The first kappa shape index (κ1) is 24.4. The number of carbonyl (C=O) groups excluding carboxylic acids is 2. The van der Waals surface area contributed by atoms with Crippen molar-refractivity contribution in [3.63, 3.8) is 0 Å². The first-order valence-electron chi connectivity index (χ1n) is 10.7. The van der Waals surface area contributed by atoms with Gasteiger partial charge in [0, 0.05) is 23.3 Å². The van der Waals surface area contributed by atoms with Gasteiger partial charge in [0.25, 0.3) is 0 Å². The molecule has 0 saturated carbocycles. The Kier molecular flexibility index (Phi) is 7.17. The Morgan fingerprint density at radius 2 is 1.64 bits per heavy atom. The van der Waals surface area contributed by atoms with Crippen molar-refractivity contribution in [2.45, 2.75) is 53.2 Å². The van der Waals surface area contributed by atoms with Crippen LogP contribution in [0.25, 0.3) is 22.4 Å². The summed E-state index contributed by atoms with van der Waals surface area (Å²) in [6.07, 6.45) is 2.88. The molecule has 33 heavy (non-hydrogen) atoms. The molecule has 0 aliphatic heterocycles. The highest BCUT2D eigenvalue weighted by molar-refractivity contribution is 7.14. The summed E-state index contributed by atoms with van der Waals surface area (Å²) >= 11 is 1.33. The van der Waals surface area contributed by atoms with E-state index in [4.69, 9.17) is 4.74 Å². The van der Waals surface area contributed by atoms with Crippen LogP contribution in [-0.2, 0) is 9.53 Å². The summed E-state index contributed by atoms with van der Waals surface area (Å²) in [4.78, 5) is 34.0. The van der Waals surface area contributed by atoms with Gasteiger partial charge in [-0.05, 0) is 55.5 Å². The molecule has 0 saturated heterocycles. The van der Waals surface area contributed by atoms with E-state index in [9.17, 15) is 9.59 Å². The van der Waals surface area contributed by atoms with Crippen molar-refractivity contribution in [1.82, 2.24) is 15.3 Å². The van der Waals surface area contributed by atoms with E-state index in [1.165, 1.54) is 11.3 Å². The monoisotopic (exact) mass is 466 g/mol. The molecule has 0 aliphatic rings. The Balaban J connectivity index is 1.75. The third-order valence-electron chi connectivity index (χ3n) is 4.70. The lowest BCUT2D eigenvalue weighted by molar-refractivity contribution is -0.120. The number of alkyl carbamates (subject to hydrolysis) is 1. The fourth-order valence-corrected chi connectivity index (χ4v) is 3.87. The first-order chi connectivity index (χ1) is 15.4. The number of amides is 2. The van der Waals surface area contributed by atoms with Gasteiger partial charge < -0.3 is 15.4 Å². The molecule has 3 aromatic rings. The Morgan fingerprint density at radius 3 is 2.27 bits per heavy atom. The van der Waals surface area contributed by atoms with Gasteiger partial charge in [-0.1, -0.05) is 39.0 Å². The maximum absolute atomic E-state index is 13.0. The average Bonchev–Trinajstić information content (AvgIpc) is 3.19. The minimum atomic E-state index is -0.797. The van der Waals surface area contributed by atoms with Crippen LogP contribution >= 0.6 is 11.3 Å². The summed E-state index contributed by atoms with van der Waals surface area (Å²) < 4.78 is 5.33. The number of nitrogens with one attached hydrogen (secondary N) is 2. The number of ether oxygens (including phenoxy) is 1. The predicted octanol–water partition coefficient (Wildman–Crippen LogP) is 5.75. The molecular formula is C25H30N4O3S. The standard InChI is InChI=1S/C25H30N4O3S/c1-24(2,3)20(28-23(31)32-25(4,5)6)21(30)29-22-27-19(15-33-22)18-9-7-8-17(14-18)16-10-12-26-13-11-16/h7-15,20H,1-6H3,(H,28,31)(H,27,29,30)/t20-/m1/s1. The maximum Gasteiger partial charge on any atom is 0.408 e. The van der Waals surface area contributed by atoms with Gasteiger partial charge in [0.1, 0.15) is 11.6 Å². The van der Waals surface area contributed by atoms with Crippen LogP contribution in [0.5, 0.6) is 0 Å². The minimum Gasteiger partial charge on any atom is -0.444 e. The van der Waals surface area contributed by atoms with E-state index in [2.05, 4.69) is 26.7 Å². The summed E-state index contributed by atoms with van der Waals surface area (Å²) in [5, 5.41) is 7.90. The summed E-state index contributed by atoms with van der Waals surface area (Å²) in [7, 11) is 0. The molecular weight excluding hydrogens is 436 g/mol. The summed E-state index contributed by atoms with van der Waals surface area (Å²) in [5.74, 6) is -0.347. The van der Waals surface area contributed by atoms with Gasteiger partial charge in [-0.15, -0.1) is 11.3 Å². The van der Waals surface area contributed by atoms with Gasteiger partial charge in [0.05, 0.1) is 5.69 Å². The highest BCUT2D eigenvalue weighted by Crippen LogP contribution is 2.29. The molecule has 0 radical (unpaired) electrons. The van der Waals surface area contributed by atoms with Crippen LogP contribution < -0.4 is 10.6 Å². The number of hydrogen-bond donors (Lipinski definition) is 2. The van der Waals surface area contributed by atoms with Crippen molar-refractivity contribution in [3.8, 4) is 22.4 Å². The van der Waals surface area contributed by atoms with Crippen LogP contribution in [0, 0.1) is 5.41 Å². The fourth-order valence-electron chi connectivity index (χ4n) is 3.14. The third kappa shape index (κ3) is 6.86. The quantitative estimate of drug-likeness (QED) is 0.499. The van der Waals surface area contributed by atoms with Crippen LogP contribution in [0.2, 0.25) is 0 Å². The molecule has 0 unspecified atom stereocenters. The van der Waals surface area contributed by atoms with E-state index in [1.54, 1.807) is 33.2 Å². The zero-order valence-corrected chi connectivity index (χ0v) is 20.6. The minimum absolute atomic E-state index is 0.347. The zero-order chi connectivity index (χ0) is 24.2. The lowest BCUT2D eigenvalue weighted by atomic mass is 9.86. The van der Waals surface area contributed by atoms with Crippen molar-refractivity contribution in [2.24, 2.45) is 5.41 Å². The normalized spacial score (nSPS) is 12.7. The highest BCUT2D eigenvalue weighted by atomic mass is 32.1. The number of benzene rings is 1. The molecule has 0 aliphatic carbocycles. The molecule has 0 bridgehead atoms. The molecule has 174 valence electrons. The Labute approximate surface area is 198 Å². The molecule has 3 rings (SSSR count). The van der Waals surface area contributed by atoms with Crippen LogP contribution in [0.1, 0.15) is 41.5 Å². The molecule has 7 nitrogen and oxygen atoms in total. The number of hydrogen-bond acceptors (Lipinski definition) is 6. The number of aromatic nitrogens is 2. The van der Waals surface area contributed by atoms with Crippen LogP contribution in [0.15, 0.2) is 54.2 Å². The molecule has 2 aromatic heterocycles.